The molecular weight excluding hydrogens is 362 g/mol. The van der Waals surface area contributed by atoms with Gasteiger partial charge in [0.05, 0.1) is 0 Å². The molecule has 0 spiro atoms. The molecule has 1 aliphatic rings. The van der Waals surface area contributed by atoms with Crippen molar-refractivity contribution in [2.75, 3.05) is 6.79 Å². The van der Waals surface area contributed by atoms with Gasteiger partial charge in [-0.15, -0.1) is 10.2 Å². The molecule has 0 amide bonds. The van der Waals surface area contributed by atoms with Gasteiger partial charge in [0.15, 0.2) is 17.3 Å². The van der Waals surface area contributed by atoms with Gasteiger partial charge < -0.3 is 9.47 Å². The molecule has 6 nitrogen and oxygen atoms in total. The molecule has 0 N–H and O–H groups in total. The first-order valence-electron chi connectivity index (χ1n) is 7.72. The monoisotopic (exact) mass is 372 g/mol. The standard InChI is InChI=1S/C17H10F2N4O2S/c18-11-3-9(4-12(19)7-11)5-15-20-21-17-23(15)22-16(26-17)10-1-2-13-14(6-10)25-8-24-13/h1-4,6-7H,5,8H2. The van der Waals surface area contributed by atoms with Gasteiger partial charge in [0.2, 0.25) is 11.8 Å². The van der Waals surface area contributed by atoms with E-state index in [0.717, 1.165) is 16.6 Å². The molecule has 3 heterocycles. The van der Waals surface area contributed by atoms with E-state index in [1.807, 2.05) is 18.2 Å². The summed E-state index contributed by atoms with van der Waals surface area (Å²) in [5.74, 6) is 0.628. The van der Waals surface area contributed by atoms with E-state index in [-0.39, 0.29) is 13.2 Å². The zero-order valence-electron chi connectivity index (χ0n) is 13.1. The van der Waals surface area contributed by atoms with Crippen molar-refractivity contribution in [1.29, 1.82) is 0 Å². The van der Waals surface area contributed by atoms with E-state index in [2.05, 4.69) is 15.3 Å². The van der Waals surface area contributed by atoms with Gasteiger partial charge in [0, 0.05) is 18.1 Å². The van der Waals surface area contributed by atoms with Gasteiger partial charge in [-0.25, -0.2) is 8.78 Å². The van der Waals surface area contributed by atoms with Crippen LogP contribution in [0.5, 0.6) is 11.5 Å². The highest BCUT2D eigenvalue weighted by Gasteiger charge is 2.18. The van der Waals surface area contributed by atoms with Gasteiger partial charge in [-0.3, -0.25) is 0 Å². The molecule has 26 heavy (non-hydrogen) atoms. The van der Waals surface area contributed by atoms with E-state index in [1.165, 1.54) is 23.5 Å². The summed E-state index contributed by atoms with van der Waals surface area (Å²) in [5, 5.41) is 13.4. The fourth-order valence-electron chi connectivity index (χ4n) is 2.81. The van der Waals surface area contributed by atoms with Crippen LogP contribution in [0.4, 0.5) is 8.78 Å². The molecule has 130 valence electrons. The summed E-state index contributed by atoms with van der Waals surface area (Å²) < 4.78 is 39.1. The molecule has 9 heteroatoms. The Morgan fingerprint density at radius 2 is 1.81 bits per heavy atom. The zero-order valence-corrected chi connectivity index (χ0v) is 14.0. The highest BCUT2D eigenvalue weighted by atomic mass is 32.1. The Balaban J connectivity index is 1.51. The van der Waals surface area contributed by atoms with Crippen LogP contribution in [0.15, 0.2) is 36.4 Å². The van der Waals surface area contributed by atoms with Gasteiger partial charge in [0.1, 0.15) is 16.6 Å². The Morgan fingerprint density at radius 3 is 2.65 bits per heavy atom. The molecule has 0 saturated carbocycles. The van der Waals surface area contributed by atoms with E-state index in [0.29, 0.717) is 27.8 Å². The SMILES string of the molecule is Fc1cc(F)cc(Cc2nnc3sc(-c4ccc5c(c4)OCO5)nn23)c1. The Labute approximate surface area is 149 Å². The third kappa shape index (κ3) is 2.57. The Kier molecular flexibility index (Phi) is 3.35. The van der Waals surface area contributed by atoms with E-state index >= 15 is 0 Å². The Morgan fingerprint density at radius 1 is 1.00 bits per heavy atom. The predicted octanol–water partition coefficient (Wildman–Crippen LogP) is 3.45. The zero-order chi connectivity index (χ0) is 17.7. The number of rotatable bonds is 3. The van der Waals surface area contributed by atoms with Crippen molar-refractivity contribution in [1.82, 2.24) is 19.8 Å². The first-order chi connectivity index (χ1) is 12.7. The first kappa shape index (κ1) is 15.2. The molecule has 2 aromatic heterocycles. The van der Waals surface area contributed by atoms with Crippen LogP contribution in [0.2, 0.25) is 0 Å². The predicted molar refractivity (Wildman–Crippen MR) is 89.4 cm³/mol. The van der Waals surface area contributed by atoms with Crippen molar-refractivity contribution < 1.29 is 18.3 Å². The molecule has 1 aliphatic heterocycles. The fraction of sp³-hybridized carbons (Fsp3) is 0.118. The molecule has 2 aromatic carbocycles. The maximum atomic E-state index is 13.4. The van der Waals surface area contributed by atoms with Crippen LogP contribution in [0.1, 0.15) is 11.4 Å². The average molecular weight is 372 g/mol. The van der Waals surface area contributed by atoms with Crippen LogP contribution in [0, 0.1) is 11.6 Å². The normalized spacial score (nSPS) is 12.8. The number of halogens is 2. The van der Waals surface area contributed by atoms with Crippen LogP contribution < -0.4 is 9.47 Å². The summed E-state index contributed by atoms with van der Waals surface area (Å²) >= 11 is 1.37. The third-order valence-electron chi connectivity index (χ3n) is 3.96. The lowest BCUT2D eigenvalue weighted by Gasteiger charge is -2.00. The summed E-state index contributed by atoms with van der Waals surface area (Å²) in [4.78, 5) is 0.601. The van der Waals surface area contributed by atoms with Crippen LogP contribution in [0.3, 0.4) is 0 Å². The molecule has 0 radical (unpaired) electrons. The summed E-state index contributed by atoms with van der Waals surface area (Å²) in [7, 11) is 0. The second-order valence-corrected chi connectivity index (χ2v) is 6.70. The number of ether oxygens (including phenoxy) is 2. The molecule has 0 saturated heterocycles. The molecule has 0 unspecified atom stereocenters. The average Bonchev–Trinajstić information content (AvgIpc) is 3.29. The molecule has 0 aliphatic carbocycles. The van der Waals surface area contributed by atoms with E-state index < -0.39 is 11.6 Å². The minimum atomic E-state index is -0.625. The number of hydrogen-bond acceptors (Lipinski definition) is 6. The van der Waals surface area contributed by atoms with Gasteiger partial charge in [-0.05, 0) is 35.9 Å². The molecule has 0 fully saturated rings. The van der Waals surface area contributed by atoms with Crippen molar-refractivity contribution in [2.24, 2.45) is 0 Å². The quantitative estimate of drug-likeness (QED) is 0.551. The van der Waals surface area contributed by atoms with Crippen molar-refractivity contribution in [3.63, 3.8) is 0 Å². The fourth-order valence-corrected chi connectivity index (χ4v) is 3.66. The van der Waals surface area contributed by atoms with Crippen molar-refractivity contribution in [2.45, 2.75) is 6.42 Å². The highest BCUT2D eigenvalue weighted by Crippen LogP contribution is 2.37. The lowest BCUT2D eigenvalue weighted by atomic mass is 10.1. The molecular formula is C17H10F2N4O2S. The second kappa shape index (κ2) is 5.73. The van der Waals surface area contributed by atoms with Gasteiger partial charge in [-0.1, -0.05) is 11.3 Å². The first-order valence-corrected chi connectivity index (χ1v) is 8.53. The lowest BCUT2D eigenvalue weighted by molar-refractivity contribution is 0.174. The van der Waals surface area contributed by atoms with Crippen molar-refractivity contribution in [3.05, 3.63) is 59.4 Å². The number of benzene rings is 2. The van der Waals surface area contributed by atoms with Gasteiger partial charge in [0.25, 0.3) is 0 Å². The summed E-state index contributed by atoms with van der Waals surface area (Å²) in [6.45, 7) is 0.207. The lowest BCUT2D eigenvalue weighted by Crippen LogP contribution is -1.99. The maximum Gasteiger partial charge on any atom is 0.234 e. The number of fused-ring (bicyclic) bond motifs is 2. The van der Waals surface area contributed by atoms with Crippen LogP contribution in [-0.2, 0) is 6.42 Å². The third-order valence-corrected chi connectivity index (χ3v) is 4.91. The summed E-state index contributed by atoms with van der Waals surface area (Å²) in [5.41, 5.74) is 1.34. The Hall–Kier alpha value is -3.07. The number of hydrogen-bond donors (Lipinski definition) is 0. The van der Waals surface area contributed by atoms with Gasteiger partial charge in [-0.2, -0.15) is 9.61 Å². The number of aromatic nitrogens is 4. The Bertz CT molecular complexity index is 1120. The minimum Gasteiger partial charge on any atom is -0.454 e. The summed E-state index contributed by atoms with van der Waals surface area (Å²) in [6.07, 6.45) is 0.222. The van der Waals surface area contributed by atoms with Crippen LogP contribution in [-0.4, -0.2) is 26.6 Å². The van der Waals surface area contributed by atoms with E-state index in [1.54, 1.807) is 4.52 Å². The molecule has 0 bridgehead atoms. The minimum absolute atomic E-state index is 0.207. The van der Waals surface area contributed by atoms with E-state index in [9.17, 15) is 8.78 Å². The van der Waals surface area contributed by atoms with Gasteiger partial charge >= 0.3 is 0 Å². The smallest absolute Gasteiger partial charge is 0.234 e. The van der Waals surface area contributed by atoms with Crippen LogP contribution in [0.25, 0.3) is 15.5 Å². The summed E-state index contributed by atoms with van der Waals surface area (Å²) in [6, 6.07) is 8.96. The maximum absolute atomic E-state index is 13.4. The van der Waals surface area contributed by atoms with Crippen molar-refractivity contribution >= 4 is 16.3 Å². The van der Waals surface area contributed by atoms with Crippen LogP contribution >= 0.6 is 11.3 Å². The molecule has 4 aromatic rings. The molecule has 0 atom stereocenters. The number of nitrogens with zero attached hydrogens (tertiary/aromatic N) is 4. The topological polar surface area (TPSA) is 61.5 Å². The highest BCUT2D eigenvalue weighted by molar-refractivity contribution is 7.19. The van der Waals surface area contributed by atoms with E-state index in [4.69, 9.17) is 9.47 Å². The molecule has 5 rings (SSSR count). The second-order valence-electron chi connectivity index (χ2n) is 5.74. The van der Waals surface area contributed by atoms with Crippen molar-refractivity contribution in [3.8, 4) is 22.1 Å². The largest absolute Gasteiger partial charge is 0.454 e.